The molecule has 4 nitrogen and oxygen atoms in total. The Labute approximate surface area is 146 Å². The van der Waals surface area contributed by atoms with Crippen molar-refractivity contribution in [1.29, 1.82) is 0 Å². The Balaban J connectivity index is 1.50. The molecule has 0 aromatic rings. The number of nitrogens with zero attached hydrogens (tertiary/aromatic N) is 2. The Morgan fingerprint density at radius 1 is 0.750 bits per heavy atom. The maximum Gasteiger partial charge on any atom is 0.226 e. The van der Waals surface area contributed by atoms with Crippen LogP contribution in [0.25, 0.3) is 0 Å². The van der Waals surface area contributed by atoms with Crippen molar-refractivity contribution in [3.05, 3.63) is 0 Å². The molecule has 1 unspecified atom stereocenters. The number of likely N-dealkylation sites (tertiary alicyclic amines) is 2. The number of piperidine rings is 2. The minimum absolute atomic E-state index is 0.146. The van der Waals surface area contributed by atoms with Crippen LogP contribution in [0.5, 0.6) is 0 Å². The molecule has 0 aromatic carbocycles. The van der Waals surface area contributed by atoms with Gasteiger partial charge in [0.15, 0.2) is 0 Å². The highest BCUT2D eigenvalue weighted by atomic mass is 16.2. The zero-order chi connectivity index (χ0) is 16.9. The zero-order valence-electron chi connectivity index (χ0n) is 15.3. The highest BCUT2D eigenvalue weighted by Gasteiger charge is 2.35. The fourth-order valence-electron chi connectivity index (χ4n) is 4.90. The second-order valence-electron chi connectivity index (χ2n) is 8.02. The largest absolute Gasteiger partial charge is 0.342 e. The van der Waals surface area contributed by atoms with Crippen LogP contribution in [0.15, 0.2) is 0 Å². The second-order valence-corrected chi connectivity index (χ2v) is 8.02. The number of carbonyl (C=O) groups is 2. The van der Waals surface area contributed by atoms with Gasteiger partial charge in [0.25, 0.3) is 0 Å². The number of rotatable bonds is 3. The van der Waals surface area contributed by atoms with E-state index in [-0.39, 0.29) is 11.8 Å². The fraction of sp³-hybridized carbons (Fsp3) is 0.900. The molecule has 1 aliphatic carbocycles. The van der Waals surface area contributed by atoms with E-state index < -0.39 is 0 Å². The Morgan fingerprint density at radius 3 is 2.04 bits per heavy atom. The third-order valence-electron chi connectivity index (χ3n) is 6.49. The highest BCUT2D eigenvalue weighted by Crippen LogP contribution is 2.29. The molecule has 0 aromatic heterocycles. The van der Waals surface area contributed by atoms with Crippen LogP contribution in [0.3, 0.4) is 0 Å². The first-order chi connectivity index (χ1) is 11.7. The van der Waals surface area contributed by atoms with Crippen LogP contribution in [-0.2, 0) is 9.59 Å². The normalized spacial score (nSPS) is 27.3. The molecule has 3 aliphatic rings. The lowest BCUT2D eigenvalue weighted by atomic mass is 9.86. The van der Waals surface area contributed by atoms with E-state index in [1.54, 1.807) is 0 Å². The molecule has 4 heteroatoms. The van der Waals surface area contributed by atoms with Crippen molar-refractivity contribution in [1.82, 2.24) is 9.80 Å². The molecule has 136 valence electrons. The fourth-order valence-corrected chi connectivity index (χ4v) is 4.90. The lowest BCUT2D eigenvalue weighted by Crippen LogP contribution is -2.50. The summed E-state index contributed by atoms with van der Waals surface area (Å²) in [4.78, 5) is 29.8. The summed E-state index contributed by atoms with van der Waals surface area (Å²) in [5.41, 5.74) is 0. The molecule has 1 saturated carbocycles. The summed E-state index contributed by atoms with van der Waals surface area (Å²) in [6, 6.07) is 0.452. The first-order valence-corrected chi connectivity index (χ1v) is 10.3. The predicted molar refractivity (Wildman–Crippen MR) is 95.5 cm³/mol. The third kappa shape index (κ3) is 3.94. The van der Waals surface area contributed by atoms with Gasteiger partial charge in [-0.05, 0) is 51.4 Å². The lowest BCUT2D eigenvalue weighted by Gasteiger charge is -2.40. The van der Waals surface area contributed by atoms with Gasteiger partial charge in [-0.15, -0.1) is 0 Å². The van der Waals surface area contributed by atoms with Crippen LogP contribution in [0, 0.1) is 11.8 Å². The average molecular weight is 335 g/mol. The van der Waals surface area contributed by atoms with Crippen LogP contribution in [-0.4, -0.2) is 47.3 Å². The lowest BCUT2D eigenvalue weighted by molar-refractivity contribution is -0.145. The van der Waals surface area contributed by atoms with Gasteiger partial charge < -0.3 is 9.80 Å². The van der Waals surface area contributed by atoms with E-state index in [2.05, 4.69) is 11.8 Å². The molecule has 0 radical (unpaired) electrons. The molecular weight excluding hydrogens is 300 g/mol. The van der Waals surface area contributed by atoms with Crippen LogP contribution >= 0.6 is 0 Å². The first kappa shape index (κ1) is 17.8. The zero-order valence-corrected chi connectivity index (χ0v) is 15.3. The third-order valence-corrected chi connectivity index (χ3v) is 6.49. The van der Waals surface area contributed by atoms with Gasteiger partial charge in [-0.3, -0.25) is 9.59 Å². The smallest absolute Gasteiger partial charge is 0.226 e. The molecule has 24 heavy (non-hydrogen) atoms. The molecule has 0 bridgehead atoms. The van der Waals surface area contributed by atoms with Gasteiger partial charge in [-0.1, -0.05) is 26.2 Å². The molecule has 0 spiro atoms. The number of hydrogen-bond acceptors (Lipinski definition) is 2. The first-order valence-electron chi connectivity index (χ1n) is 10.3. The van der Waals surface area contributed by atoms with Gasteiger partial charge in [-0.25, -0.2) is 0 Å². The summed E-state index contributed by atoms with van der Waals surface area (Å²) in [5, 5.41) is 0. The van der Waals surface area contributed by atoms with E-state index in [4.69, 9.17) is 0 Å². The summed E-state index contributed by atoms with van der Waals surface area (Å²) in [6.45, 7) is 4.72. The average Bonchev–Trinajstić information content (AvgIpc) is 2.67. The molecular formula is C20H34N2O2. The van der Waals surface area contributed by atoms with Gasteiger partial charge in [0.2, 0.25) is 11.8 Å². The number of hydrogen-bond donors (Lipinski definition) is 0. The van der Waals surface area contributed by atoms with Crippen molar-refractivity contribution in [2.45, 2.75) is 83.6 Å². The molecule has 3 fully saturated rings. The molecule has 0 N–H and O–H groups in total. The van der Waals surface area contributed by atoms with E-state index >= 15 is 0 Å². The topological polar surface area (TPSA) is 40.6 Å². The van der Waals surface area contributed by atoms with E-state index in [9.17, 15) is 9.59 Å². The molecule has 2 heterocycles. The van der Waals surface area contributed by atoms with Crippen LogP contribution < -0.4 is 0 Å². The number of carbonyl (C=O) groups excluding carboxylic acids is 2. The van der Waals surface area contributed by atoms with Crippen molar-refractivity contribution in [3.63, 3.8) is 0 Å². The maximum atomic E-state index is 12.9. The van der Waals surface area contributed by atoms with Gasteiger partial charge in [-0.2, -0.15) is 0 Å². The van der Waals surface area contributed by atoms with Crippen LogP contribution in [0.1, 0.15) is 77.6 Å². The molecule has 1 atom stereocenters. The summed E-state index contributed by atoms with van der Waals surface area (Å²) >= 11 is 0. The predicted octanol–water partition coefficient (Wildman–Crippen LogP) is 3.60. The molecule has 2 aliphatic heterocycles. The number of amides is 2. The van der Waals surface area contributed by atoms with E-state index in [1.807, 2.05) is 4.90 Å². The van der Waals surface area contributed by atoms with Gasteiger partial charge in [0, 0.05) is 37.5 Å². The maximum absolute atomic E-state index is 12.9. The summed E-state index contributed by atoms with van der Waals surface area (Å²) in [5.74, 6) is 1.14. The van der Waals surface area contributed by atoms with Crippen molar-refractivity contribution in [3.8, 4) is 0 Å². The van der Waals surface area contributed by atoms with Crippen molar-refractivity contribution in [2.24, 2.45) is 11.8 Å². The minimum atomic E-state index is 0.146. The van der Waals surface area contributed by atoms with Crippen molar-refractivity contribution < 1.29 is 9.59 Å². The summed E-state index contributed by atoms with van der Waals surface area (Å²) in [7, 11) is 0. The van der Waals surface area contributed by atoms with Crippen LogP contribution in [0.2, 0.25) is 0 Å². The van der Waals surface area contributed by atoms with E-state index in [1.165, 1.54) is 32.1 Å². The van der Waals surface area contributed by atoms with Gasteiger partial charge in [0.1, 0.15) is 0 Å². The molecule has 3 rings (SSSR count). The van der Waals surface area contributed by atoms with E-state index in [0.29, 0.717) is 17.9 Å². The molecule has 2 saturated heterocycles. The van der Waals surface area contributed by atoms with Crippen molar-refractivity contribution >= 4 is 11.8 Å². The van der Waals surface area contributed by atoms with Gasteiger partial charge in [0.05, 0.1) is 0 Å². The summed E-state index contributed by atoms with van der Waals surface area (Å²) in [6.07, 6.45) is 12.2. The van der Waals surface area contributed by atoms with E-state index in [0.717, 1.165) is 58.2 Å². The van der Waals surface area contributed by atoms with Gasteiger partial charge >= 0.3 is 0 Å². The van der Waals surface area contributed by atoms with Crippen LogP contribution in [0.4, 0.5) is 0 Å². The van der Waals surface area contributed by atoms with Crippen molar-refractivity contribution in [2.75, 3.05) is 19.6 Å². The standard InChI is InChI=1S/C20H34N2O2/c1-2-18-10-6-7-13-22(18)20(24)17-11-14-21(15-12-17)19(23)16-8-4-3-5-9-16/h16-18H,2-15H2,1H3. The summed E-state index contributed by atoms with van der Waals surface area (Å²) < 4.78 is 0. The Hall–Kier alpha value is -1.06. The monoisotopic (exact) mass is 334 g/mol. The Bertz CT molecular complexity index is 437. The Kier molecular flexibility index (Phi) is 6.18. The SMILES string of the molecule is CCC1CCCCN1C(=O)C1CCN(C(=O)C2CCCCC2)CC1. The molecule has 2 amide bonds. The highest BCUT2D eigenvalue weighted by molar-refractivity contribution is 5.81. The minimum Gasteiger partial charge on any atom is -0.342 e. The quantitative estimate of drug-likeness (QED) is 0.791. The Morgan fingerprint density at radius 2 is 1.38 bits per heavy atom. The second kappa shape index (κ2) is 8.35.